The van der Waals surface area contributed by atoms with Gasteiger partial charge in [-0.1, -0.05) is 6.07 Å². The first-order valence-corrected chi connectivity index (χ1v) is 6.13. The van der Waals surface area contributed by atoms with Gasteiger partial charge in [0.15, 0.2) is 0 Å². The van der Waals surface area contributed by atoms with Crippen LogP contribution in [0.25, 0.3) is 0 Å². The fraction of sp³-hybridized carbons (Fsp3) is 0.0833. The summed E-state index contributed by atoms with van der Waals surface area (Å²) < 4.78 is 0.531. The first-order valence-electron chi connectivity index (χ1n) is 5.34. The molecule has 0 aliphatic heterocycles. The first kappa shape index (κ1) is 13.3. The number of aromatic nitrogens is 2. The number of aryl methyl sites for hydroxylation is 1. The van der Waals surface area contributed by atoms with E-state index < -0.39 is 11.9 Å². The Bertz CT molecular complexity index is 651. The molecular formula is C12H10BrN3O3. The highest BCUT2D eigenvalue weighted by Crippen LogP contribution is 2.19. The summed E-state index contributed by atoms with van der Waals surface area (Å²) in [5, 5.41) is 11.6. The van der Waals surface area contributed by atoms with E-state index in [9.17, 15) is 9.59 Å². The van der Waals surface area contributed by atoms with Crippen molar-refractivity contribution in [2.45, 2.75) is 6.92 Å². The number of aromatic amines is 1. The van der Waals surface area contributed by atoms with Crippen molar-refractivity contribution in [3.8, 4) is 0 Å². The van der Waals surface area contributed by atoms with Gasteiger partial charge in [0.25, 0.3) is 5.91 Å². The predicted molar refractivity (Wildman–Crippen MR) is 72.4 cm³/mol. The Kier molecular flexibility index (Phi) is 3.66. The number of halogens is 1. The van der Waals surface area contributed by atoms with Crippen LogP contribution < -0.4 is 5.32 Å². The predicted octanol–water partition coefficient (Wildman–Crippen LogP) is 2.43. The van der Waals surface area contributed by atoms with Gasteiger partial charge >= 0.3 is 5.97 Å². The number of pyridine rings is 1. The van der Waals surface area contributed by atoms with Gasteiger partial charge in [-0.25, -0.2) is 9.78 Å². The molecule has 0 spiro atoms. The molecule has 0 aliphatic rings. The molecule has 2 aromatic heterocycles. The Morgan fingerprint density at radius 1 is 1.42 bits per heavy atom. The summed E-state index contributed by atoms with van der Waals surface area (Å²) in [7, 11) is 0. The highest BCUT2D eigenvalue weighted by Gasteiger charge is 2.18. The second-order valence-corrected chi connectivity index (χ2v) is 4.62. The molecule has 0 atom stereocenters. The number of carbonyl (C=O) groups is 2. The van der Waals surface area contributed by atoms with Crippen LogP contribution >= 0.6 is 15.9 Å². The summed E-state index contributed by atoms with van der Waals surface area (Å²) in [6, 6.07) is 4.91. The van der Waals surface area contributed by atoms with Crippen molar-refractivity contribution in [1.82, 2.24) is 9.97 Å². The second kappa shape index (κ2) is 5.23. The van der Waals surface area contributed by atoms with Gasteiger partial charge in [-0.05, 0) is 35.0 Å². The smallest absolute Gasteiger partial charge is 0.339 e. The van der Waals surface area contributed by atoms with Gasteiger partial charge in [0.1, 0.15) is 15.9 Å². The zero-order valence-corrected chi connectivity index (χ0v) is 11.5. The number of nitrogens with one attached hydrogen (secondary N) is 2. The van der Waals surface area contributed by atoms with Crippen LogP contribution in [-0.2, 0) is 0 Å². The molecule has 0 bridgehead atoms. The third-order valence-corrected chi connectivity index (χ3v) is 2.93. The van der Waals surface area contributed by atoms with Gasteiger partial charge in [-0.15, -0.1) is 0 Å². The SMILES string of the molecule is Cc1[nH]cc(NC(=O)c2cccc(Br)n2)c1C(=O)O. The fourth-order valence-electron chi connectivity index (χ4n) is 1.62. The van der Waals surface area contributed by atoms with E-state index in [-0.39, 0.29) is 16.9 Å². The molecule has 2 rings (SSSR count). The lowest BCUT2D eigenvalue weighted by atomic mass is 10.2. The van der Waals surface area contributed by atoms with Gasteiger partial charge < -0.3 is 15.4 Å². The molecule has 1 amide bonds. The molecule has 0 radical (unpaired) electrons. The molecule has 98 valence electrons. The minimum absolute atomic E-state index is 0.0448. The number of anilines is 1. The van der Waals surface area contributed by atoms with Crippen molar-refractivity contribution >= 4 is 33.5 Å². The lowest BCUT2D eigenvalue weighted by molar-refractivity contribution is 0.0697. The molecule has 0 saturated heterocycles. The molecule has 0 unspecified atom stereocenters. The zero-order valence-electron chi connectivity index (χ0n) is 9.90. The van der Waals surface area contributed by atoms with Gasteiger partial charge in [-0.3, -0.25) is 4.79 Å². The van der Waals surface area contributed by atoms with E-state index in [2.05, 4.69) is 31.2 Å². The van der Waals surface area contributed by atoms with Gasteiger partial charge in [0.05, 0.1) is 5.69 Å². The quantitative estimate of drug-likeness (QED) is 0.756. The van der Waals surface area contributed by atoms with E-state index in [1.165, 1.54) is 6.20 Å². The lowest BCUT2D eigenvalue weighted by Gasteiger charge is -2.04. The van der Waals surface area contributed by atoms with E-state index in [4.69, 9.17) is 5.11 Å². The topological polar surface area (TPSA) is 95.1 Å². The molecule has 0 aliphatic carbocycles. The number of hydrogen-bond acceptors (Lipinski definition) is 3. The molecule has 2 aromatic rings. The fourth-order valence-corrected chi connectivity index (χ4v) is 1.97. The normalized spacial score (nSPS) is 10.2. The van der Waals surface area contributed by atoms with Crippen molar-refractivity contribution in [3.63, 3.8) is 0 Å². The van der Waals surface area contributed by atoms with Crippen LogP contribution in [0.5, 0.6) is 0 Å². The Balaban J connectivity index is 2.27. The summed E-state index contributed by atoms with van der Waals surface area (Å²) in [5.41, 5.74) is 0.940. The average Bonchev–Trinajstić information content (AvgIpc) is 2.70. The third-order valence-electron chi connectivity index (χ3n) is 2.49. The summed E-state index contributed by atoms with van der Waals surface area (Å²) in [4.78, 5) is 29.8. The standard InChI is InChI=1S/C12H10BrN3O3/c1-6-10(12(18)19)8(5-14-6)16-11(17)7-3-2-4-9(13)15-7/h2-5,14H,1H3,(H,16,17)(H,18,19). The van der Waals surface area contributed by atoms with E-state index in [1.54, 1.807) is 25.1 Å². The Labute approximate surface area is 117 Å². The van der Waals surface area contributed by atoms with E-state index in [0.29, 0.717) is 10.3 Å². The van der Waals surface area contributed by atoms with Crippen molar-refractivity contribution in [2.24, 2.45) is 0 Å². The monoisotopic (exact) mass is 323 g/mol. The maximum absolute atomic E-state index is 11.9. The van der Waals surface area contributed by atoms with Crippen molar-refractivity contribution < 1.29 is 14.7 Å². The number of carboxylic acids is 1. The number of carbonyl (C=O) groups excluding carboxylic acids is 1. The van der Waals surface area contributed by atoms with Crippen LogP contribution in [0.2, 0.25) is 0 Å². The summed E-state index contributed by atoms with van der Waals surface area (Å²) in [6.45, 7) is 1.62. The number of carboxylic acid groups (broad SMARTS) is 1. The first-order chi connectivity index (χ1) is 8.99. The molecule has 6 nitrogen and oxygen atoms in total. The summed E-state index contributed by atoms with van der Waals surface area (Å²) in [5.74, 6) is -1.57. The summed E-state index contributed by atoms with van der Waals surface area (Å²) >= 11 is 3.17. The Hall–Kier alpha value is -2.15. The zero-order chi connectivity index (χ0) is 14.0. The molecular weight excluding hydrogens is 314 g/mol. The van der Waals surface area contributed by atoms with E-state index >= 15 is 0 Å². The Morgan fingerprint density at radius 2 is 2.16 bits per heavy atom. The van der Waals surface area contributed by atoms with Crippen LogP contribution in [-0.4, -0.2) is 27.0 Å². The molecule has 0 aromatic carbocycles. The number of amides is 1. The minimum atomic E-state index is -1.10. The second-order valence-electron chi connectivity index (χ2n) is 3.81. The maximum atomic E-state index is 11.9. The van der Waals surface area contributed by atoms with Gasteiger partial charge in [-0.2, -0.15) is 0 Å². The number of H-pyrrole nitrogens is 1. The van der Waals surface area contributed by atoms with Crippen molar-refractivity contribution in [3.05, 3.63) is 46.0 Å². The number of rotatable bonds is 3. The maximum Gasteiger partial charge on any atom is 0.339 e. The average molecular weight is 324 g/mol. The van der Waals surface area contributed by atoms with Gasteiger partial charge in [0, 0.05) is 11.9 Å². The molecule has 3 N–H and O–H groups in total. The number of nitrogens with zero attached hydrogens (tertiary/aromatic N) is 1. The Morgan fingerprint density at radius 3 is 2.79 bits per heavy atom. The highest BCUT2D eigenvalue weighted by molar-refractivity contribution is 9.10. The van der Waals surface area contributed by atoms with Crippen LogP contribution in [0.3, 0.4) is 0 Å². The van der Waals surface area contributed by atoms with Crippen molar-refractivity contribution in [2.75, 3.05) is 5.32 Å². The largest absolute Gasteiger partial charge is 0.478 e. The highest BCUT2D eigenvalue weighted by atomic mass is 79.9. The molecule has 0 saturated carbocycles. The third kappa shape index (κ3) is 2.82. The van der Waals surface area contributed by atoms with E-state index in [1.807, 2.05) is 0 Å². The van der Waals surface area contributed by atoms with Crippen LogP contribution in [0, 0.1) is 6.92 Å². The van der Waals surface area contributed by atoms with Crippen LogP contribution in [0.4, 0.5) is 5.69 Å². The van der Waals surface area contributed by atoms with Gasteiger partial charge in [0.2, 0.25) is 0 Å². The molecule has 0 fully saturated rings. The van der Waals surface area contributed by atoms with Crippen LogP contribution in [0.1, 0.15) is 26.5 Å². The van der Waals surface area contributed by atoms with Crippen molar-refractivity contribution in [1.29, 1.82) is 0 Å². The molecule has 2 heterocycles. The van der Waals surface area contributed by atoms with E-state index in [0.717, 1.165) is 0 Å². The number of hydrogen-bond donors (Lipinski definition) is 3. The molecule has 19 heavy (non-hydrogen) atoms. The summed E-state index contributed by atoms with van der Waals surface area (Å²) in [6.07, 6.45) is 1.44. The molecule has 7 heteroatoms. The lowest BCUT2D eigenvalue weighted by Crippen LogP contribution is -2.15. The minimum Gasteiger partial charge on any atom is -0.478 e. The number of aromatic carboxylic acids is 1. The van der Waals surface area contributed by atoms with Crippen LogP contribution in [0.15, 0.2) is 29.0 Å².